The van der Waals surface area contributed by atoms with E-state index in [0.717, 1.165) is 19.4 Å². The summed E-state index contributed by atoms with van der Waals surface area (Å²) in [4.78, 5) is 0. The maximum absolute atomic E-state index is 9.11. The topological polar surface area (TPSA) is 45.0 Å². The summed E-state index contributed by atoms with van der Waals surface area (Å²) in [5.41, 5.74) is -0.527. The van der Waals surface area contributed by atoms with Crippen LogP contribution in [-0.4, -0.2) is 24.8 Å². The highest BCUT2D eigenvalue weighted by atomic mass is 16.5. The second-order valence-electron chi connectivity index (χ2n) is 4.90. The third-order valence-electron chi connectivity index (χ3n) is 3.22. The van der Waals surface area contributed by atoms with Crippen molar-refractivity contribution in [2.45, 2.75) is 64.0 Å². The van der Waals surface area contributed by atoms with Gasteiger partial charge in [-0.25, -0.2) is 0 Å². The van der Waals surface area contributed by atoms with Gasteiger partial charge in [-0.2, -0.15) is 5.26 Å². The summed E-state index contributed by atoms with van der Waals surface area (Å²) < 4.78 is 5.89. The minimum absolute atomic E-state index is 0.369. The Morgan fingerprint density at radius 1 is 1.31 bits per heavy atom. The number of rotatable bonds is 5. The number of hydrogen-bond acceptors (Lipinski definition) is 3. The van der Waals surface area contributed by atoms with E-state index in [4.69, 9.17) is 10.00 Å². The smallest absolute Gasteiger partial charge is 0.127 e. The Hall–Kier alpha value is -0.590. The zero-order valence-electron chi connectivity index (χ0n) is 10.6. The number of nitrogens with one attached hydrogen (secondary N) is 1. The predicted molar refractivity (Wildman–Crippen MR) is 65.1 cm³/mol. The molecule has 1 N–H and O–H groups in total. The van der Waals surface area contributed by atoms with Gasteiger partial charge in [0.1, 0.15) is 5.54 Å². The van der Waals surface area contributed by atoms with E-state index in [1.165, 1.54) is 25.7 Å². The van der Waals surface area contributed by atoms with Gasteiger partial charge in [0.05, 0.1) is 18.8 Å². The molecule has 0 saturated heterocycles. The molecule has 3 nitrogen and oxygen atoms in total. The Balaban J connectivity index is 2.33. The number of nitriles is 1. The number of ether oxygens (including phenoxy) is 1. The summed E-state index contributed by atoms with van der Waals surface area (Å²) in [7, 11) is 0. The van der Waals surface area contributed by atoms with Gasteiger partial charge in [-0.3, -0.25) is 5.32 Å². The van der Waals surface area contributed by atoms with Crippen LogP contribution in [-0.2, 0) is 4.74 Å². The highest BCUT2D eigenvalue weighted by Crippen LogP contribution is 2.20. The molecule has 0 aliphatic heterocycles. The minimum atomic E-state index is -0.527. The molecule has 1 atom stereocenters. The highest BCUT2D eigenvalue weighted by Gasteiger charge is 2.24. The van der Waals surface area contributed by atoms with Gasteiger partial charge in [-0.1, -0.05) is 32.6 Å². The van der Waals surface area contributed by atoms with E-state index in [-0.39, 0.29) is 0 Å². The quantitative estimate of drug-likeness (QED) is 0.730. The zero-order chi connectivity index (χ0) is 11.9. The highest BCUT2D eigenvalue weighted by molar-refractivity contribution is 5.03. The molecule has 0 heterocycles. The van der Waals surface area contributed by atoms with Gasteiger partial charge in [-0.15, -0.1) is 0 Å². The van der Waals surface area contributed by atoms with Gasteiger partial charge >= 0.3 is 0 Å². The van der Waals surface area contributed by atoms with Crippen LogP contribution in [0.4, 0.5) is 0 Å². The summed E-state index contributed by atoms with van der Waals surface area (Å²) in [6.07, 6.45) is 7.91. The molecular formula is C13H24N2O. The molecular weight excluding hydrogens is 200 g/mol. The minimum Gasteiger partial charge on any atom is -0.375 e. The second kappa shape index (κ2) is 6.88. The first kappa shape index (κ1) is 13.5. The van der Waals surface area contributed by atoms with Crippen molar-refractivity contribution in [3.8, 4) is 6.07 Å². The van der Waals surface area contributed by atoms with Crippen molar-refractivity contribution in [1.82, 2.24) is 5.32 Å². The molecule has 0 aromatic heterocycles. The second-order valence-corrected chi connectivity index (χ2v) is 4.90. The summed E-state index contributed by atoms with van der Waals surface area (Å²) in [6, 6.07) is 2.30. The maximum Gasteiger partial charge on any atom is 0.127 e. The largest absolute Gasteiger partial charge is 0.375 e. The van der Waals surface area contributed by atoms with Crippen LogP contribution in [0.15, 0.2) is 0 Å². The van der Waals surface area contributed by atoms with Gasteiger partial charge in [0.25, 0.3) is 0 Å². The SMILES string of the molecule is CCNC(C)(C#N)COC1CCCCCC1. The first-order valence-corrected chi connectivity index (χ1v) is 6.48. The molecule has 0 bridgehead atoms. The van der Waals surface area contributed by atoms with E-state index in [1.54, 1.807) is 0 Å². The van der Waals surface area contributed by atoms with Crippen molar-refractivity contribution in [2.75, 3.05) is 13.2 Å². The zero-order valence-corrected chi connectivity index (χ0v) is 10.6. The van der Waals surface area contributed by atoms with E-state index in [2.05, 4.69) is 11.4 Å². The van der Waals surface area contributed by atoms with Crippen LogP contribution in [0.5, 0.6) is 0 Å². The van der Waals surface area contributed by atoms with Crippen LogP contribution in [0.25, 0.3) is 0 Å². The third-order valence-corrected chi connectivity index (χ3v) is 3.22. The Morgan fingerprint density at radius 3 is 2.44 bits per heavy atom. The molecule has 1 aliphatic rings. The van der Waals surface area contributed by atoms with Gasteiger partial charge in [0.15, 0.2) is 0 Å². The van der Waals surface area contributed by atoms with E-state index < -0.39 is 5.54 Å². The predicted octanol–water partition coefficient (Wildman–Crippen LogP) is 2.62. The third kappa shape index (κ3) is 4.51. The van der Waals surface area contributed by atoms with Crippen molar-refractivity contribution in [3.05, 3.63) is 0 Å². The van der Waals surface area contributed by atoms with Crippen molar-refractivity contribution < 1.29 is 4.74 Å². The first-order chi connectivity index (χ1) is 7.70. The fraction of sp³-hybridized carbons (Fsp3) is 0.923. The van der Waals surface area contributed by atoms with Crippen LogP contribution in [0.1, 0.15) is 52.4 Å². The molecule has 92 valence electrons. The Kier molecular flexibility index (Phi) is 5.79. The number of nitrogens with zero attached hydrogens (tertiary/aromatic N) is 1. The summed E-state index contributed by atoms with van der Waals surface area (Å²) in [6.45, 7) is 5.23. The molecule has 16 heavy (non-hydrogen) atoms. The lowest BCUT2D eigenvalue weighted by molar-refractivity contribution is 0.0191. The lowest BCUT2D eigenvalue weighted by Gasteiger charge is -2.25. The van der Waals surface area contributed by atoms with Crippen LogP contribution in [0, 0.1) is 11.3 Å². The van der Waals surface area contributed by atoms with Crippen LogP contribution < -0.4 is 5.32 Å². The fourth-order valence-corrected chi connectivity index (χ4v) is 2.21. The van der Waals surface area contributed by atoms with Crippen LogP contribution in [0.2, 0.25) is 0 Å². The normalized spacial score (nSPS) is 22.1. The van der Waals surface area contributed by atoms with E-state index in [0.29, 0.717) is 12.7 Å². The van der Waals surface area contributed by atoms with E-state index in [9.17, 15) is 0 Å². The van der Waals surface area contributed by atoms with Crippen LogP contribution >= 0.6 is 0 Å². The summed E-state index contributed by atoms with van der Waals surface area (Å²) in [5.74, 6) is 0. The van der Waals surface area contributed by atoms with E-state index >= 15 is 0 Å². The maximum atomic E-state index is 9.11. The lowest BCUT2D eigenvalue weighted by atomic mass is 10.1. The molecule has 0 aromatic rings. The molecule has 1 saturated carbocycles. The molecule has 1 rings (SSSR count). The van der Waals surface area contributed by atoms with Crippen molar-refractivity contribution >= 4 is 0 Å². The number of hydrogen-bond donors (Lipinski definition) is 1. The van der Waals surface area contributed by atoms with Crippen molar-refractivity contribution in [1.29, 1.82) is 5.26 Å². The van der Waals surface area contributed by atoms with Gasteiger partial charge in [0, 0.05) is 0 Å². The molecule has 1 aliphatic carbocycles. The van der Waals surface area contributed by atoms with Crippen LogP contribution in [0.3, 0.4) is 0 Å². The lowest BCUT2D eigenvalue weighted by Crippen LogP contribution is -2.45. The summed E-state index contributed by atoms with van der Waals surface area (Å²) >= 11 is 0. The summed E-state index contributed by atoms with van der Waals surface area (Å²) in [5, 5.41) is 12.3. The van der Waals surface area contributed by atoms with Gasteiger partial charge in [0.2, 0.25) is 0 Å². The monoisotopic (exact) mass is 224 g/mol. The molecule has 0 radical (unpaired) electrons. The first-order valence-electron chi connectivity index (χ1n) is 6.48. The molecule has 0 spiro atoms. The molecule has 3 heteroatoms. The fourth-order valence-electron chi connectivity index (χ4n) is 2.21. The van der Waals surface area contributed by atoms with Gasteiger partial charge < -0.3 is 4.74 Å². The molecule has 0 amide bonds. The standard InChI is InChI=1S/C13H24N2O/c1-3-15-13(2,10-14)11-16-12-8-6-4-5-7-9-12/h12,15H,3-9,11H2,1-2H3. The van der Waals surface area contributed by atoms with Gasteiger partial charge in [-0.05, 0) is 26.3 Å². The van der Waals surface area contributed by atoms with E-state index in [1.807, 2.05) is 13.8 Å². The molecule has 1 fully saturated rings. The Morgan fingerprint density at radius 2 is 1.94 bits per heavy atom. The number of likely N-dealkylation sites (N-methyl/N-ethyl adjacent to an activating group) is 1. The van der Waals surface area contributed by atoms with Crippen molar-refractivity contribution in [3.63, 3.8) is 0 Å². The average Bonchev–Trinajstić information content (AvgIpc) is 2.55. The Labute approximate surface area is 99.2 Å². The molecule has 1 unspecified atom stereocenters. The average molecular weight is 224 g/mol. The van der Waals surface area contributed by atoms with Crippen molar-refractivity contribution in [2.24, 2.45) is 0 Å². The molecule has 0 aromatic carbocycles. The Bertz CT molecular complexity index is 229.